The molecule has 1 aliphatic heterocycles. The maximum Gasteiger partial charge on any atom is 0.228 e. The number of anilines is 2. The maximum atomic E-state index is 13.9. The third-order valence-corrected chi connectivity index (χ3v) is 3.55. The summed E-state index contributed by atoms with van der Waals surface area (Å²) in [5.41, 5.74) is 6.99. The zero-order chi connectivity index (χ0) is 14.9. The number of halogens is 2. The number of fused-ring (bicyclic) bond motifs is 1. The Bertz CT molecular complexity index is 563. The Hall–Kier alpha value is -1.66. The van der Waals surface area contributed by atoms with Crippen molar-refractivity contribution in [2.24, 2.45) is 11.7 Å². The first kappa shape index (κ1) is 17.4. The Balaban J connectivity index is 0.00000220. The normalized spacial score (nSPS) is 16.1. The van der Waals surface area contributed by atoms with Gasteiger partial charge in [0.2, 0.25) is 11.8 Å². The fourth-order valence-electron chi connectivity index (χ4n) is 1.98. The summed E-state index contributed by atoms with van der Waals surface area (Å²) < 4.78 is 13.9. The lowest BCUT2D eigenvalue weighted by molar-refractivity contribution is -0.120. The van der Waals surface area contributed by atoms with Crippen LogP contribution < -0.4 is 16.4 Å². The van der Waals surface area contributed by atoms with Gasteiger partial charge < -0.3 is 16.4 Å². The molecule has 1 aromatic carbocycles. The van der Waals surface area contributed by atoms with Crippen molar-refractivity contribution in [3.63, 3.8) is 0 Å². The lowest BCUT2D eigenvalue weighted by atomic mass is 10.0. The van der Waals surface area contributed by atoms with Crippen LogP contribution in [0.4, 0.5) is 15.8 Å². The number of nitrogens with one attached hydrogen (secondary N) is 2. The van der Waals surface area contributed by atoms with E-state index >= 15 is 0 Å². The van der Waals surface area contributed by atoms with E-state index < -0.39 is 11.7 Å². The predicted octanol–water partition coefficient (Wildman–Crippen LogP) is 2.05. The number of hydrogen-bond acceptors (Lipinski definition) is 3. The molecule has 116 valence electrons. The second-order valence-corrected chi connectivity index (χ2v) is 5.17. The molecule has 0 aliphatic carbocycles. The molecule has 1 heterocycles. The van der Waals surface area contributed by atoms with Crippen LogP contribution in [0, 0.1) is 11.7 Å². The van der Waals surface area contributed by atoms with Gasteiger partial charge >= 0.3 is 0 Å². The van der Waals surface area contributed by atoms with Gasteiger partial charge in [0.25, 0.3) is 0 Å². The van der Waals surface area contributed by atoms with Gasteiger partial charge in [-0.1, -0.05) is 6.92 Å². The third kappa shape index (κ3) is 3.92. The highest BCUT2D eigenvalue weighted by Crippen LogP contribution is 2.28. The minimum Gasteiger partial charge on any atom is -0.327 e. The first-order chi connectivity index (χ1) is 9.38. The lowest BCUT2D eigenvalue weighted by Crippen LogP contribution is -2.34. The topological polar surface area (TPSA) is 84.2 Å². The molecule has 0 bridgehead atoms. The summed E-state index contributed by atoms with van der Waals surface area (Å²) in [5, 5.41) is 5.18. The van der Waals surface area contributed by atoms with E-state index in [0.29, 0.717) is 18.5 Å². The van der Waals surface area contributed by atoms with Gasteiger partial charge in [-0.15, -0.1) is 12.4 Å². The number of carbonyl (C=O) groups excluding carboxylic acids is 2. The molecule has 0 fully saturated rings. The van der Waals surface area contributed by atoms with Crippen LogP contribution in [0.5, 0.6) is 0 Å². The summed E-state index contributed by atoms with van der Waals surface area (Å²) in [6.45, 7) is 3.39. The summed E-state index contributed by atoms with van der Waals surface area (Å²) in [4.78, 5) is 23.2. The molecule has 4 N–H and O–H groups in total. The van der Waals surface area contributed by atoms with Crippen LogP contribution in [0.1, 0.15) is 25.8 Å². The van der Waals surface area contributed by atoms with Gasteiger partial charge in [-0.05, 0) is 31.0 Å². The molecule has 21 heavy (non-hydrogen) atoms. The van der Waals surface area contributed by atoms with Crippen molar-refractivity contribution in [2.75, 3.05) is 10.6 Å². The fraction of sp³-hybridized carbons (Fsp3) is 0.429. The van der Waals surface area contributed by atoms with E-state index in [0.717, 1.165) is 5.56 Å². The van der Waals surface area contributed by atoms with Gasteiger partial charge in [-0.2, -0.15) is 0 Å². The monoisotopic (exact) mass is 315 g/mol. The van der Waals surface area contributed by atoms with E-state index in [1.54, 1.807) is 13.8 Å². The average molecular weight is 316 g/mol. The van der Waals surface area contributed by atoms with E-state index in [1.807, 2.05) is 0 Å². The van der Waals surface area contributed by atoms with Crippen LogP contribution >= 0.6 is 12.4 Å². The molecule has 5 nitrogen and oxygen atoms in total. The highest BCUT2D eigenvalue weighted by Gasteiger charge is 2.21. The SMILES string of the molecule is CC(N)C(C)C(=O)Nc1cc2c(cc1F)CCC(=O)N2.Cl. The number of nitrogens with two attached hydrogens (primary N) is 1. The second-order valence-electron chi connectivity index (χ2n) is 5.17. The molecule has 7 heteroatoms. The molecule has 2 unspecified atom stereocenters. The smallest absolute Gasteiger partial charge is 0.228 e. The van der Waals surface area contributed by atoms with Crippen molar-refractivity contribution < 1.29 is 14.0 Å². The number of hydrogen-bond donors (Lipinski definition) is 3. The van der Waals surface area contributed by atoms with Crippen molar-refractivity contribution in [1.29, 1.82) is 0 Å². The van der Waals surface area contributed by atoms with Gasteiger partial charge in [0.05, 0.1) is 11.6 Å². The van der Waals surface area contributed by atoms with E-state index in [1.165, 1.54) is 12.1 Å². The molecular weight excluding hydrogens is 297 g/mol. The van der Waals surface area contributed by atoms with Crippen LogP contribution in [0.15, 0.2) is 12.1 Å². The lowest BCUT2D eigenvalue weighted by Gasteiger charge is -2.20. The number of rotatable bonds is 3. The second kappa shape index (κ2) is 6.87. The van der Waals surface area contributed by atoms with Crippen LogP contribution in [-0.4, -0.2) is 17.9 Å². The first-order valence-corrected chi connectivity index (χ1v) is 6.57. The highest BCUT2D eigenvalue weighted by atomic mass is 35.5. The Morgan fingerprint density at radius 2 is 2.05 bits per heavy atom. The van der Waals surface area contributed by atoms with Crippen molar-refractivity contribution in [1.82, 2.24) is 0 Å². The van der Waals surface area contributed by atoms with Crippen molar-refractivity contribution in [3.8, 4) is 0 Å². The molecule has 1 aromatic rings. The van der Waals surface area contributed by atoms with E-state index in [-0.39, 0.29) is 36.0 Å². The number of amides is 2. The number of aryl methyl sites for hydroxylation is 1. The van der Waals surface area contributed by atoms with Gasteiger partial charge in [0.1, 0.15) is 5.82 Å². The maximum absolute atomic E-state index is 13.9. The predicted molar refractivity (Wildman–Crippen MR) is 82.0 cm³/mol. The molecule has 0 aromatic heterocycles. The Morgan fingerprint density at radius 1 is 1.38 bits per heavy atom. The molecule has 2 amide bonds. The number of carbonyl (C=O) groups is 2. The van der Waals surface area contributed by atoms with Crippen molar-refractivity contribution in [3.05, 3.63) is 23.5 Å². The highest BCUT2D eigenvalue weighted by molar-refractivity contribution is 5.97. The van der Waals surface area contributed by atoms with Crippen molar-refractivity contribution >= 4 is 35.6 Å². The summed E-state index contributed by atoms with van der Waals surface area (Å²) >= 11 is 0. The summed E-state index contributed by atoms with van der Waals surface area (Å²) in [6.07, 6.45) is 0.850. The Labute approximate surface area is 128 Å². The zero-order valence-electron chi connectivity index (χ0n) is 11.9. The van der Waals surface area contributed by atoms with Gasteiger partial charge in [0, 0.05) is 18.2 Å². The zero-order valence-corrected chi connectivity index (χ0v) is 12.7. The largest absolute Gasteiger partial charge is 0.327 e. The standard InChI is InChI=1S/C14H18FN3O2.ClH/c1-7(8(2)16)14(20)18-12-6-11-9(5-10(12)15)3-4-13(19)17-11;/h5-8H,3-4,16H2,1-2H3,(H,17,19)(H,18,20);1H. The van der Waals surface area contributed by atoms with Crippen LogP contribution in [-0.2, 0) is 16.0 Å². The molecule has 0 saturated carbocycles. The molecule has 0 radical (unpaired) electrons. The van der Waals surface area contributed by atoms with Gasteiger partial charge in [-0.3, -0.25) is 9.59 Å². The van der Waals surface area contributed by atoms with Crippen LogP contribution in [0.2, 0.25) is 0 Å². The summed E-state index contributed by atoms with van der Waals surface area (Å²) in [5.74, 6) is -1.39. The third-order valence-electron chi connectivity index (χ3n) is 3.55. The molecule has 1 aliphatic rings. The van der Waals surface area contributed by atoms with E-state index in [9.17, 15) is 14.0 Å². The van der Waals surface area contributed by atoms with Crippen LogP contribution in [0.3, 0.4) is 0 Å². The van der Waals surface area contributed by atoms with Gasteiger partial charge in [-0.25, -0.2) is 4.39 Å². The molecule has 2 atom stereocenters. The molecular formula is C14H19ClFN3O2. The van der Waals surface area contributed by atoms with E-state index in [4.69, 9.17) is 5.73 Å². The Morgan fingerprint density at radius 3 is 2.67 bits per heavy atom. The van der Waals surface area contributed by atoms with E-state index in [2.05, 4.69) is 10.6 Å². The van der Waals surface area contributed by atoms with Gasteiger partial charge in [0.15, 0.2) is 0 Å². The quantitative estimate of drug-likeness (QED) is 0.798. The number of benzene rings is 1. The van der Waals surface area contributed by atoms with Crippen LogP contribution in [0.25, 0.3) is 0 Å². The van der Waals surface area contributed by atoms with Crippen molar-refractivity contribution in [2.45, 2.75) is 32.7 Å². The first-order valence-electron chi connectivity index (χ1n) is 6.57. The molecule has 0 saturated heterocycles. The summed E-state index contributed by atoms with van der Waals surface area (Å²) in [7, 11) is 0. The molecule has 2 rings (SSSR count). The Kier molecular flexibility index (Phi) is 5.69. The minimum absolute atomic E-state index is 0. The fourth-order valence-corrected chi connectivity index (χ4v) is 1.98. The average Bonchev–Trinajstić information content (AvgIpc) is 2.39. The molecule has 0 spiro atoms. The summed E-state index contributed by atoms with van der Waals surface area (Å²) in [6, 6.07) is 2.48. The minimum atomic E-state index is -0.509.